The van der Waals surface area contributed by atoms with Crippen molar-refractivity contribution in [2.24, 2.45) is 0 Å². The van der Waals surface area contributed by atoms with Crippen LogP contribution >= 0.6 is 0 Å². The van der Waals surface area contributed by atoms with Crippen molar-refractivity contribution in [1.82, 2.24) is 4.31 Å². The Morgan fingerprint density at radius 3 is 2.58 bits per heavy atom. The second-order valence-electron chi connectivity index (χ2n) is 4.25. The molecule has 7 heteroatoms. The molecule has 1 aliphatic rings. The maximum atomic E-state index is 12.3. The zero-order valence-corrected chi connectivity index (χ0v) is 11.4. The molecule has 0 N–H and O–H groups in total. The van der Waals surface area contributed by atoms with Crippen molar-refractivity contribution in [3.8, 4) is 6.19 Å². The molecule has 0 spiro atoms. The molecule has 1 aliphatic heterocycles. The van der Waals surface area contributed by atoms with E-state index in [1.165, 1.54) is 12.1 Å². The number of hydrogen-bond acceptors (Lipinski definition) is 4. The van der Waals surface area contributed by atoms with Crippen LogP contribution in [-0.4, -0.2) is 24.7 Å². The molecule has 0 radical (unpaired) electrons. The Morgan fingerprint density at radius 2 is 2.00 bits per heavy atom. The molecule has 1 unspecified atom stereocenters. The topological polar surface area (TPSA) is 81.5 Å². The van der Waals surface area contributed by atoms with E-state index in [0.29, 0.717) is 10.7 Å². The van der Waals surface area contributed by atoms with Gasteiger partial charge in [-0.05, 0) is 25.5 Å². The molecule has 6 nitrogen and oxygen atoms in total. The largest absolute Gasteiger partial charge is 0.341 e. The van der Waals surface area contributed by atoms with Gasteiger partial charge >= 0.3 is 10.2 Å². The van der Waals surface area contributed by atoms with Crippen LogP contribution in [0.2, 0.25) is 0 Å². The molecule has 1 aromatic carbocycles. The third kappa shape index (κ3) is 1.85. The van der Waals surface area contributed by atoms with Gasteiger partial charge in [-0.3, -0.25) is 4.79 Å². The quantitative estimate of drug-likeness (QED) is 0.768. The standard InChI is InChI=1S/C12H13N3O3S/c1-3-9(2)15-12(16)10-6-4-5-7-11(10)14(8-13)19(15,17)18/h4-7,9H,3H2,1-2H3. The highest BCUT2D eigenvalue weighted by molar-refractivity contribution is 7.91. The number of nitrogens with zero attached hydrogens (tertiary/aromatic N) is 3. The Labute approximate surface area is 112 Å². The smallest absolute Gasteiger partial charge is 0.268 e. The van der Waals surface area contributed by atoms with Gasteiger partial charge in [0, 0.05) is 6.04 Å². The van der Waals surface area contributed by atoms with Crippen LogP contribution in [0.5, 0.6) is 0 Å². The van der Waals surface area contributed by atoms with Gasteiger partial charge in [-0.1, -0.05) is 19.1 Å². The van der Waals surface area contributed by atoms with Gasteiger partial charge in [0.2, 0.25) is 6.19 Å². The Balaban J connectivity index is 2.71. The lowest BCUT2D eigenvalue weighted by Gasteiger charge is -2.35. The number of anilines is 1. The summed E-state index contributed by atoms with van der Waals surface area (Å²) in [5.41, 5.74) is 0.328. The van der Waals surface area contributed by atoms with Crippen LogP contribution in [0.4, 0.5) is 5.69 Å². The van der Waals surface area contributed by atoms with Crippen molar-refractivity contribution in [2.75, 3.05) is 4.31 Å². The zero-order chi connectivity index (χ0) is 14.2. The molecule has 0 bridgehead atoms. The first-order valence-electron chi connectivity index (χ1n) is 5.83. The highest BCUT2D eigenvalue weighted by atomic mass is 32.2. The zero-order valence-electron chi connectivity index (χ0n) is 10.6. The van der Waals surface area contributed by atoms with Crippen molar-refractivity contribution < 1.29 is 13.2 Å². The summed E-state index contributed by atoms with van der Waals surface area (Å²) in [6.07, 6.45) is 2.11. The fourth-order valence-electron chi connectivity index (χ4n) is 1.97. The van der Waals surface area contributed by atoms with Gasteiger partial charge in [0.15, 0.2) is 0 Å². The second kappa shape index (κ2) is 4.55. The van der Waals surface area contributed by atoms with Crippen LogP contribution in [0, 0.1) is 11.5 Å². The summed E-state index contributed by atoms with van der Waals surface area (Å²) in [4.78, 5) is 12.3. The average Bonchev–Trinajstić information content (AvgIpc) is 2.38. The first-order valence-corrected chi connectivity index (χ1v) is 7.22. The van der Waals surface area contributed by atoms with Crippen molar-refractivity contribution >= 4 is 21.8 Å². The Kier molecular flexibility index (Phi) is 3.20. The maximum Gasteiger partial charge on any atom is 0.341 e. The van der Waals surface area contributed by atoms with Crippen LogP contribution in [0.25, 0.3) is 0 Å². The van der Waals surface area contributed by atoms with Crippen molar-refractivity contribution in [3.05, 3.63) is 29.8 Å². The van der Waals surface area contributed by atoms with Crippen LogP contribution in [-0.2, 0) is 10.2 Å². The molecule has 19 heavy (non-hydrogen) atoms. The Hall–Kier alpha value is -2.07. The molecular weight excluding hydrogens is 266 g/mol. The molecule has 0 aliphatic carbocycles. The van der Waals surface area contributed by atoms with Gasteiger partial charge in [0.25, 0.3) is 5.91 Å². The number of rotatable bonds is 2. The number of amides is 1. The molecule has 0 fully saturated rings. The van der Waals surface area contributed by atoms with E-state index in [0.717, 1.165) is 4.31 Å². The van der Waals surface area contributed by atoms with Crippen molar-refractivity contribution in [1.29, 1.82) is 5.26 Å². The fourth-order valence-corrected chi connectivity index (χ4v) is 3.56. The lowest BCUT2D eigenvalue weighted by Crippen LogP contribution is -2.53. The van der Waals surface area contributed by atoms with E-state index in [1.807, 2.05) is 0 Å². The van der Waals surface area contributed by atoms with E-state index in [4.69, 9.17) is 5.26 Å². The number of para-hydroxylation sites is 1. The lowest BCUT2D eigenvalue weighted by molar-refractivity contribution is 0.0823. The SMILES string of the molecule is CCC(C)N1C(=O)c2ccccc2N(C#N)S1(=O)=O. The van der Waals surface area contributed by atoms with Gasteiger partial charge in [-0.25, -0.2) is 4.31 Å². The number of nitriles is 1. The average molecular weight is 279 g/mol. The Morgan fingerprint density at radius 1 is 1.37 bits per heavy atom. The maximum absolute atomic E-state index is 12.3. The summed E-state index contributed by atoms with van der Waals surface area (Å²) in [5.74, 6) is -0.587. The number of hydrogen-bond donors (Lipinski definition) is 0. The molecule has 1 atom stereocenters. The summed E-state index contributed by atoms with van der Waals surface area (Å²) in [6, 6.07) is 5.69. The van der Waals surface area contributed by atoms with Crippen LogP contribution < -0.4 is 4.31 Å². The number of benzene rings is 1. The molecule has 1 heterocycles. The van der Waals surface area contributed by atoms with Gasteiger partial charge in [0.05, 0.1) is 11.3 Å². The molecule has 0 saturated carbocycles. The number of carbonyl (C=O) groups excluding carboxylic acids is 1. The van der Waals surface area contributed by atoms with Crippen molar-refractivity contribution in [2.45, 2.75) is 26.3 Å². The lowest BCUT2D eigenvalue weighted by atomic mass is 10.1. The van der Waals surface area contributed by atoms with Crippen LogP contribution in [0.15, 0.2) is 24.3 Å². The molecule has 1 aromatic rings. The van der Waals surface area contributed by atoms with Gasteiger partial charge in [0.1, 0.15) is 0 Å². The third-order valence-corrected chi connectivity index (χ3v) is 4.88. The summed E-state index contributed by atoms with van der Waals surface area (Å²) in [5, 5.41) is 9.09. The molecular formula is C12H13N3O3S. The van der Waals surface area contributed by atoms with E-state index in [2.05, 4.69) is 0 Å². The third-order valence-electron chi connectivity index (χ3n) is 3.11. The normalized spacial score (nSPS) is 18.7. The monoisotopic (exact) mass is 279 g/mol. The second-order valence-corrected chi connectivity index (χ2v) is 5.90. The van der Waals surface area contributed by atoms with E-state index in [1.54, 1.807) is 32.2 Å². The highest BCUT2D eigenvalue weighted by Crippen LogP contribution is 2.33. The predicted molar refractivity (Wildman–Crippen MR) is 69.4 cm³/mol. The van der Waals surface area contributed by atoms with Gasteiger partial charge < -0.3 is 0 Å². The molecule has 0 saturated heterocycles. The minimum atomic E-state index is -4.13. The predicted octanol–water partition coefficient (Wildman–Crippen LogP) is 1.47. The summed E-state index contributed by atoms with van der Waals surface area (Å²) < 4.78 is 26.0. The van der Waals surface area contributed by atoms with Crippen LogP contribution in [0.3, 0.4) is 0 Å². The highest BCUT2D eigenvalue weighted by Gasteiger charge is 2.43. The number of fused-ring (bicyclic) bond motifs is 1. The minimum absolute atomic E-state index is 0.106. The minimum Gasteiger partial charge on any atom is -0.268 e. The van der Waals surface area contributed by atoms with E-state index in [-0.39, 0.29) is 11.3 Å². The van der Waals surface area contributed by atoms with Crippen molar-refractivity contribution in [3.63, 3.8) is 0 Å². The molecule has 0 aromatic heterocycles. The fraction of sp³-hybridized carbons (Fsp3) is 0.333. The van der Waals surface area contributed by atoms with E-state index in [9.17, 15) is 13.2 Å². The molecule has 100 valence electrons. The van der Waals surface area contributed by atoms with E-state index < -0.39 is 22.2 Å². The summed E-state index contributed by atoms with van der Waals surface area (Å²) in [7, 11) is -4.13. The molecule has 2 rings (SSSR count). The Bertz CT molecular complexity index is 663. The van der Waals surface area contributed by atoms with Crippen LogP contribution in [0.1, 0.15) is 30.6 Å². The molecule has 1 amide bonds. The van der Waals surface area contributed by atoms with Gasteiger partial charge in [-0.2, -0.15) is 18.0 Å². The van der Waals surface area contributed by atoms with Gasteiger partial charge in [-0.15, -0.1) is 0 Å². The first-order chi connectivity index (χ1) is 8.95. The van der Waals surface area contributed by atoms with E-state index >= 15 is 0 Å². The number of carbonyl (C=O) groups is 1. The summed E-state index contributed by atoms with van der Waals surface area (Å²) >= 11 is 0. The first kappa shape index (κ1) is 13.4. The summed E-state index contributed by atoms with van der Waals surface area (Å²) in [6.45, 7) is 3.42.